The van der Waals surface area contributed by atoms with Crippen LogP contribution >= 0.6 is 0 Å². The van der Waals surface area contributed by atoms with Crippen molar-refractivity contribution in [1.29, 1.82) is 0 Å². The molecule has 0 nitrogen and oxygen atoms in total. The molecule has 0 fully saturated rings. The van der Waals surface area contributed by atoms with E-state index in [9.17, 15) is 0 Å². The normalized spacial score (nSPS) is 18.2. The van der Waals surface area contributed by atoms with Crippen LogP contribution in [0.2, 0.25) is 0 Å². The van der Waals surface area contributed by atoms with E-state index in [0.717, 1.165) is 0 Å². The summed E-state index contributed by atoms with van der Waals surface area (Å²) in [7, 11) is 0. The van der Waals surface area contributed by atoms with Gasteiger partial charge < -0.3 is 0 Å². The fourth-order valence-electron chi connectivity index (χ4n) is 1.47. The molecule has 0 spiro atoms. The van der Waals surface area contributed by atoms with E-state index >= 15 is 0 Å². The Morgan fingerprint density at radius 2 is 2.33 bits per heavy atom. The molecule has 0 bridgehead atoms. The predicted octanol–water partition coefficient (Wildman–Crippen LogP) is 4.04. The largest absolute Gasteiger partial charge is 0.0843 e. The van der Waals surface area contributed by atoms with Gasteiger partial charge in [0.2, 0.25) is 0 Å². The van der Waals surface area contributed by atoms with Crippen molar-refractivity contribution in [3.8, 4) is 0 Å². The lowest BCUT2D eigenvalue weighted by Gasteiger charge is -2.07. The minimum atomic E-state index is 1.17. The van der Waals surface area contributed by atoms with Crippen molar-refractivity contribution in [2.75, 3.05) is 0 Å². The topological polar surface area (TPSA) is 0 Å². The van der Waals surface area contributed by atoms with Gasteiger partial charge in [-0.1, -0.05) is 31.9 Å². The summed E-state index contributed by atoms with van der Waals surface area (Å²) in [4.78, 5) is 0. The van der Waals surface area contributed by atoms with Gasteiger partial charge in [-0.05, 0) is 43.8 Å². The first-order valence-electron chi connectivity index (χ1n) is 5.19. The van der Waals surface area contributed by atoms with Crippen LogP contribution in [0.25, 0.3) is 0 Å². The van der Waals surface area contributed by atoms with Crippen LogP contribution in [-0.4, -0.2) is 0 Å². The fourth-order valence-corrected chi connectivity index (χ4v) is 1.47. The highest BCUT2D eigenvalue weighted by molar-refractivity contribution is 5.16. The van der Waals surface area contributed by atoms with E-state index < -0.39 is 0 Å². The Hall–Kier alpha value is -0.520. The van der Waals surface area contributed by atoms with Crippen LogP contribution in [0.15, 0.2) is 17.7 Å². The zero-order valence-electron chi connectivity index (χ0n) is 8.10. The van der Waals surface area contributed by atoms with Crippen molar-refractivity contribution in [1.82, 2.24) is 0 Å². The van der Waals surface area contributed by atoms with Gasteiger partial charge in [0.05, 0.1) is 0 Å². The van der Waals surface area contributed by atoms with E-state index in [-0.39, 0.29) is 0 Å². The minimum Gasteiger partial charge on any atom is -0.0843 e. The Bertz CT molecular complexity index is 163. The summed E-state index contributed by atoms with van der Waals surface area (Å²) >= 11 is 0. The highest BCUT2D eigenvalue weighted by Crippen LogP contribution is 2.17. The SMILES string of the molecule is CCCCC=CC1=[C]CCCC1. The molecule has 0 amide bonds. The van der Waals surface area contributed by atoms with Gasteiger partial charge in [0.1, 0.15) is 0 Å². The highest BCUT2D eigenvalue weighted by Gasteiger charge is 1.99. The van der Waals surface area contributed by atoms with Crippen molar-refractivity contribution >= 4 is 0 Å². The van der Waals surface area contributed by atoms with E-state index in [4.69, 9.17) is 0 Å². The van der Waals surface area contributed by atoms with Crippen molar-refractivity contribution in [3.05, 3.63) is 23.8 Å². The Morgan fingerprint density at radius 3 is 3.00 bits per heavy atom. The number of unbranched alkanes of at least 4 members (excludes halogenated alkanes) is 2. The lowest BCUT2D eigenvalue weighted by Crippen LogP contribution is -1.88. The highest BCUT2D eigenvalue weighted by atomic mass is 14.0. The molecule has 0 unspecified atom stereocenters. The maximum atomic E-state index is 3.43. The van der Waals surface area contributed by atoms with E-state index in [1.807, 2.05) is 0 Å². The lowest BCUT2D eigenvalue weighted by molar-refractivity contribution is 0.698. The van der Waals surface area contributed by atoms with Gasteiger partial charge in [-0.25, -0.2) is 0 Å². The molecule has 0 aromatic carbocycles. The quantitative estimate of drug-likeness (QED) is 0.549. The van der Waals surface area contributed by atoms with Crippen LogP contribution in [0.4, 0.5) is 0 Å². The molecule has 0 saturated heterocycles. The van der Waals surface area contributed by atoms with Gasteiger partial charge in [-0.3, -0.25) is 0 Å². The van der Waals surface area contributed by atoms with E-state index in [1.54, 1.807) is 0 Å². The molecule has 0 aromatic rings. The summed E-state index contributed by atoms with van der Waals surface area (Å²) in [5, 5.41) is 0. The fraction of sp³-hybridized carbons (Fsp3) is 0.667. The second-order valence-corrected chi connectivity index (χ2v) is 3.45. The molecule has 1 aliphatic carbocycles. The Morgan fingerprint density at radius 1 is 1.42 bits per heavy atom. The average Bonchev–Trinajstić information content (AvgIpc) is 2.14. The average molecular weight is 163 g/mol. The Kier molecular flexibility index (Phi) is 4.82. The van der Waals surface area contributed by atoms with Crippen LogP contribution in [0.3, 0.4) is 0 Å². The van der Waals surface area contributed by atoms with Crippen LogP contribution in [0.1, 0.15) is 51.9 Å². The zero-order valence-corrected chi connectivity index (χ0v) is 8.10. The lowest BCUT2D eigenvalue weighted by atomic mass is 9.99. The van der Waals surface area contributed by atoms with E-state index in [0.29, 0.717) is 0 Å². The molecule has 67 valence electrons. The molecule has 0 heteroatoms. The number of hydrogen-bond acceptors (Lipinski definition) is 0. The number of rotatable bonds is 4. The minimum absolute atomic E-state index is 1.17. The molecule has 0 atom stereocenters. The molecule has 0 N–H and O–H groups in total. The van der Waals surface area contributed by atoms with Gasteiger partial charge in [0.25, 0.3) is 0 Å². The summed E-state index contributed by atoms with van der Waals surface area (Å²) in [6.07, 6.45) is 17.0. The smallest absolute Gasteiger partial charge is 0.0273 e. The Labute approximate surface area is 76.4 Å². The molecule has 12 heavy (non-hydrogen) atoms. The molecule has 1 aliphatic rings. The zero-order chi connectivity index (χ0) is 8.65. The van der Waals surface area contributed by atoms with Crippen molar-refractivity contribution in [2.45, 2.75) is 51.9 Å². The second-order valence-electron chi connectivity index (χ2n) is 3.45. The molecule has 1 rings (SSSR count). The standard InChI is InChI=1S/C12H19/c1-2-3-4-6-9-12-10-7-5-8-11-12/h6,9H,2-5,7-8,10H2,1H3. The third kappa shape index (κ3) is 3.75. The van der Waals surface area contributed by atoms with E-state index in [2.05, 4.69) is 25.2 Å². The summed E-state index contributed by atoms with van der Waals surface area (Å²) in [5.74, 6) is 0. The number of hydrogen-bond donors (Lipinski definition) is 0. The maximum Gasteiger partial charge on any atom is -0.0273 e. The first-order valence-corrected chi connectivity index (χ1v) is 5.19. The molecule has 1 radical (unpaired) electrons. The summed E-state index contributed by atoms with van der Waals surface area (Å²) < 4.78 is 0. The van der Waals surface area contributed by atoms with Crippen LogP contribution in [-0.2, 0) is 0 Å². The Balaban J connectivity index is 2.19. The van der Waals surface area contributed by atoms with Gasteiger partial charge in [-0.2, -0.15) is 0 Å². The van der Waals surface area contributed by atoms with Crippen LogP contribution < -0.4 is 0 Å². The van der Waals surface area contributed by atoms with Crippen molar-refractivity contribution < 1.29 is 0 Å². The third-order valence-electron chi connectivity index (χ3n) is 2.27. The van der Waals surface area contributed by atoms with Crippen molar-refractivity contribution in [2.24, 2.45) is 0 Å². The van der Waals surface area contributed by atoms with Crippen LogP contribution in [0.5, 0.6) is 0 Å². The molecule has 0 saturated carbocycles. The monoisotopic (exact) mass is 163 g/mol. The maximum absolute atomic E-state index is 3.43. The third-order valence-corrected chi connectivity index (χ3v) is 2.27. The van der Waals surface area contributed by atoms with Gasteiger partial charge in [0, 0.05) is 0 Å². The molecular weight excluding hydrogens is 144 g/mol. The van der Waals surface area contributed by atoms with Gasteiger partial charge in [-0.15, -0.1) is 0 Å². The first kappa shape index (κ1) is 9.57. The van der Waals surface area contributed by atoms with Gasteiger partial charge in [0.15, 0.2) is 0 Å². The second kappa shape index (κ2) is 6.05. The summed E-state index contributed by atoms with van der Waals surface area (Å²) in [5.41, 5.74) is 1.44. The van der Waals surface area contributed by atoms with Crippen molar-refractivity contribution in [3.63, 3.8) is 0 Å². The molecule has 0 aromatic heterocycles. The number of allylic oxidation sites excluding steroid dienone is 4. The predicted molar refractivity (Wildman–Crippen MR) is 53.9 cm³/mol. The molecule has 0 aliphatic heterocycles. The van der Waals surface area contributed by atoms with E-state index in [1.165, 1.54) is 50.5 Å². The van der Waals surface area contributed by atoms with Gasteiger partial charge >= 0.3 is 0 Å². The van der Waals surface area contributed by atoms with Crippen LogP contribution in [0, 0.1) is 6.08 Å². The molecule has 0 heterocycles. The molecular formula is C12H19. The summed E-state index contributed by atoms with van der Waals surface area (Å²) in [6.45, 7) is 2.24. The first-order chi connectivity index (χ1) is 5.93. The summed E-state index contributed by atoms with van der Waals surface area (Å²) in [6, 6.07) is 0.